The van der Waals surface area contributed by atoms with Crippen molar-refractivity contribution in [3.05, 3.63) is 52.2 Å². The Kier molecular flexibility index (Phi) is 4.13. The molecule has 1 amide bonds. The Labute approximate surface area is 144 Å². The molecule has 1 saturated heterocycles. The molecular weight excluding hydrogens is 322 g/mol. The number of amides is 1. The van der Waals surface area contributed by atoms with Gasteiger partial charge in [-0.25, -0.2) is 9.78 Å². The van der Waals surface area contributed by atoms with Crippen LogP contribution in [-0.4, -0.2) is 47.1 Å². The van der Waals surface area contributed by atoms with Crippen LogP contribution in [0, 0.1) is 0 Å². The minimum Gasteiger partial charge on any atom is -0.486 e. The lowest BCUT2D eigenvalue weighted by molar-refractivity contribution is 0.0695. The highest BCUT2D eigenvalue weighted by atomic mass is 16.6. The standard InChI is InChI=1S/C18H19N3O4/c22-17(13-4-1-5-15-16(13)25-10-9-24-15)21-8-2-3-12(11-21)14-6-7-19-18(23)20-14/h1,4-7,12H,2-3,8-11H2,(H,19,20,23)/t12-/m0/s1. The number of benzene rings is 1. The van der Waals surface area contributed by atoms with Crippen LogP contribution in [0.3, 0.4) is 0 Å². The molecule has 130 valence electrons. The van der Waals surface area contributed by atoms with Gasteiger partial charge in [0.05, 0.1) is 5.56 Å². The van der Waals surface area contributed by atoms with Gasteiger partial charge >= 0.3 is 5.69 Å². The van der Waals surface area contributed by atoms with Crippen LogP contribution in [0.25, 0.3) is 0 Å². The molecule has 0 aliphatic carbocycles. The van der Waals surface area contributed by atoms with E-state index in [4.69, 9.17) is 9.47 Å². The summed E-state index contributed by atoms with van der Waals surface area (Å²) in [5.41, 5.74) is 0.997. The Morgan fingerprint density at radius 1 is 1.24 bits per heavy atom. The van der Waals surface area contributed by atoms with E-state index >= 15 is 0 Å². The summed E-state index contributed by atoms with van der Waals surface area (Å²) in [6.07, 6.45) is 3.32. The summed E-state index contributed by atoms with van der Waals surface area (Å²) < 4.78 is 11.2. The summed E-state index contributed by atoms with van der Waals surface area (Å²) in [5.74, 6) is 1.18. The van der Waals surface area contributed by atoms with Crippen molar-refractivity contribution in [3.63, 3.8) is 0 Å². The van der Waals surface area contributed by atoms with Gasteiger partial charge in [0, 0.05) is 30.9 Å². The predicted octanol–water partition coefficient (Wildman–Crippen LogP) is 1.56. The number of para-hydroxylation sites is 1. The van der Waals surface area contributed by atoms with Crippen LogP contribution < -0.4 is 15.2 Å². The highest BCUT2D eigenvalue weighted by molar-refractivity contribution is 5.98. The van der Waals surface area contributed by atoms with Crippen LogP contribution in [-0.2, 0) is 0 Å². The normalized spacial score (nSPS) is 19.5. The molecule has 7 heteroatoms. The van der Waals surface area contributed by atoms with Crippen LogP contribution in [0.2, 0.25) is 0 Å². The third-order valence-electron chi connectivity index (χ3n) is 4.64. The molecule has 2 aliphatic heterocycles. The smallest absolute Gasteiger partial charge is 0.345 e. The number of H-pyrrole nitrogens is 1. The van der Waals surface area contributed by atoms with Crippen LogP contribution >= 0.6 is 0 Å². The average Bonchev–Trinajstić information content (AvgIpc) is 2.67. The van der Waals surface area contributed by atoms with E-state index in [2.05, 4.69) is 9.97 Å². The minimum absolute atomic E-state index is 0.0662. The Bertz CT molecular complexity index is 848. The number of nitrogens with zero attached hydrogens (tertiary/aromatic N) is 2. The van der Waals surface area contributed by atoms with E-state index in [1.54, 1.807) is 12.1 Å². The minimum atomic E-state index is -0.358. The van der Waals surface area contributed by atoms with Crippen LogP contribution in [0.4, 0.5) is 0 Å². The van der Waals surface area contributed by atoms with Crippen molar-refractivity contribution in [1.82, 2.24) is 14.9 Å². The molecule has 4 rings (SSSR count). The van der Waals surface area contributed by atoms with Crippen molar-refractivity contribution < 1.29 is 14.3 Å². The van der Waals surface area contributed by atoms with Crippen molar-refractivity contribution in [1.29, 1.82) is 0 Å². The first-order valence-electron chi connectivity index (χ1n) is 8.45. The van der Waals surface area contributed by atoms with Gasteiger partial charge in [-0.3, -0.25) is 4.79 Å². The molecule has 1 aromatic carbocycles. The Morgan fingerprint density at radius 3 is 3.00 bits per heavy atom. The van der Waals surface area contributed by atoms with E-state index < -0.39 is 0 Å². The van der Waals surface area contributed by atoms with E-state index in [0.717, 1.165) is 18.5 Å². The fraction of sp³-hybridized carbons (Fsp3) is 0.389. The van der Waals surface area contributed by atoms with Crippen molar-refractivity contribution in [2.24, 2.45) is 0 Å². The second-order valence-electron chi connectivity index (χ2n) is 6.25. The first-order chi connectivity index (χ1) is 12.2. The van der Waals surface area contributed by atoms with Gasteiger partial charge in [-0.1, -0.05) is 6.07 Å². The second-order valence-corrected chi connectivity index (χ2v) is 6.25. The van der Waals surface area contributed by atoms with Crippen LogP contribution in [0.15, 0.2) is 35.3 Å². The number of carbonyl (C=O) groups excluding carboxylic acids is 1. The fourth-order valence-electron chi connectivity index (χ4n) is 3.45. The first kappa shape index (κ1) is 15.7. The SMILES string of the molecule is O=C(c1cccc2c1OCCO2)N1CCC[C@H](c2ccnc(=O)[nH]2)C1. The summed E-state index contributed by atoms with van der Waals surface area (Å²) in [6.45, 7) is 2.18. The first-order valence-corrected chi connectivity index (χ1v) is 8.45. The fourth-order valence-corrected chi connectivity index (χ4v) is 3.45. The van der Waals surface area contributed by atoms with Gasteiger partial charge < -0.3 is 19.4 Å². The number of carbonyl (C=O) groups is 1. The summed E-state index contributed by atoms with van der Waals surface area (Å²) >= 11 is 0. The molecule has 0 saturated carbocycles. The van der Waals surface area contributed by atoms with Crippen LogP contribution in [0.1, 0.15) is 34.8 Å². The molecule has 3 heterocycles. The number of nitrogens with one attached hydrogen (secondary N) is 1. The predicted molar refractivity (Wildman–Crippen MR) is 90.2 cm³/mol. The zero-order valence-electron chi connectivity index (χ0n) is 13.7. The zero-order chi connectivity index (χ0) is 17.2. The Morgan fingerprint density at radius 2 is 2.12 bits per heavy atom. The Balaban J connectivity index is 1.57. The van der Waals surface area contributed by atoms with Gasteiger partial charge in [0.1, 0.15) is 13.2 Å². The van der Waals surface area contributed by atoms with Gasteiger partial charge in [-0.05, 0) is 31.0 Å². The van der Waals surface area contributed by atoms with E-state index in [-0.39, 0.29) is 17.5 Å². The lowest BCUT2D eigenvalue weighted by atomic mass is 9.94. The number of ether oxygens (including phenoxy) is 2. The van der Waals surface area contributed by atoms with Gasteiger partial charge in [-0.2, -0.15) is 0 Å². The number of rotatable bonds is 2. The van der Waals surface area contributed by atoms with E-state index in [0.29, 0.717) is 43.4 Å². The second kappa shape index (κ2) is 6.58. The van der Waals surface area contributed by atoms with E-state index in [9.17, 15) is 9.59 Å². The van der Waals surface area contributed by atoms with Crippen molar-refractivity contribution in [2.75, 3.05) is 26.3 Å². The number of hydrogen-bond donors (Lipinski definition) is 1. The number of aromatic amines is 1. The molecule has 0 radical (unpaired) electrons. The topological polar surface area (TPSA) is 84.5 Å². The highest BCUT2D eigenvalue weighted by Crippen LogP contribution is 2.35. The van der Waals surface area contributed by atoms with Gasteiger partial charge in [0.15, 0.2) is 11.5 Å². The number of hydrogen-bond acceptors (Lipinski definition) is 5. The zero-order valence-corrected chi connectivity index (χ0v) is 13.7. The molecule has 0 unspecified atom stereocenters. The third kappa shape index (κ3) is 3.09. The van der Waals surface area contributed by atoms with Crippen molar-refractivity contribution in [3.8, 4) is 11.5 Å². The third-order valence-corrected chi connectivity index (χ3v) is 4.64. The number of fused-ring (bicyclic) bond motifs is 1. The highest BCUT2D eigenvalue weighted by Gasteiger charge is 2.29. The lowest BCUT2D eigenvalue weighted by Gasteiger charge is -2.33. The monoisotopic (exact) mass is 341 g/mol. The maximum atomic E-state index is 13.0. The molecular formula is C18H19N3O4. The molecule has 1 fully saturated rings. The summed E-state index contributed by atoms with van der Waals surface area (Å²) in [7, 11) is 0. The largest absolute Gasteiger partial charge is 0.486 e. The maximum Gasteiger partial charge on any atom is 0.345 e. The van der Waals surface area contributed by atoms with Crippen molar-refractivity contribution in [2.45, 2.75) is 18.8 Å². The molecule has 25 heavy (non-hydrogen) atoms. The number of likely N-dealkylation sites (tertiary alicyclic amines) is 1. The number of piperidine rings is 1. The molecule has 7 nitrogen and oxygen atoms in total. The van der Waals surface area contributed by atoms with Crippen LogP contribution in [0.5, 0.6) is 11.5 Å². The Hall–Kier alpha value is -2.83. The van der Waals surface area contributed by atoms with Crippen molar-refractivity contribution >= 4 is 5.91 Å². The molecule has 2 aliphatic rings. The quantitative estimate of drug-likeness (QED) is 0.896. The molecule has 0 bridgehead atoms. The van der Waals surface area contributed by atoms with E-state index in [1.165, 1.54) is 6.20 Å². The summed E-state index contributed by atoms with van der Waals surface area (Å²) in [4.78, 5) is 32.7. The summed E-state index contributed by atoms with van der Waals surface area (Å²) in [5, 5.41) is 0. The van der Waals surface area contributed by atoms with E-state index in [1.807, 2.05) is 17.0 Å². The average molecular weight is 341 g/mol. The molecule has 1 N–H and O–H groups in total. The van der Waals surface area contributed by atoms with Gasteiger partial charge in [-0.15, -0.1) is 0 Å². The molecule has 0 spiro atoms. The molecule has 1 aromatic heterocycles. The lowest BCUT2D eigenvalue weighted by Crippen LogP contribution is -2.40. The van der Waals surface area contributed by atoms with Gasteiger partial charge in [0.25, 0.3) is 5.91 Å². The molecule has 1 atom stereocenters. The number of aromatic nitrogens is 2. The molecule has 2 aromatic rings. The summed E-state index contributed by atoms with van der Waals surface area (Å²) in [6, 6.07) is 7.20. The van der Waals surface area contributed by atoms with Gasteiger partial charge in [0.2, 0.25) is 0 Å². The maximum absolute atomic E-state index is 13.0.